The zero-order valence-corrected chi connectivity index (χ0v) is 15.3. The molecule has 0 saturated carbocycles. The normalized spacial score (nSPS) is 10.8. The van der Waals surface area contributed by atoms with E-state index < -0.39 is 0 Å². The van der Waals surface area contributed by atoms with Gasteiger partial charge in [0.15, 0.2) is 0 Å². The number of amides is 2. The molecule has 3 rings (SSSR count). The molecule has 2 amide bonds. The highest BCUT2D eigenvalue weighted by Gasteiger charge is 2.21. The maximum Gasteiger partial charge on any atom is 0.322 e. The summed E-state index contributed by atoms with van der Waals surface area (Å²) in [6.07, 6.45) is 0. The largest absolute Gasteiger partial charge is 0.337 e. The lowest BCUT2D eigenvalue weighted by Gasteiger charge is -2.25. The van der Waals surface area contributed by atoms with Crippen LogP contribution in [0.15, 0.2) is 59.1 Å². The number of rotatable bonds is 5. The number of halogens is 1. The third-order valence-corrected chi connectivity index (χ3v) is 4.04. The Bertz CT molecular complexity index is 863. The van der Waals surface area contributed by atoms with Crippen LogP contribution >= 0.6 is 11.6 Å². The molecule has 0 atom stereocenters. The molecule has 134 valence electrons. The van der Waals surface area contributed by atoms with Crippen molar-refractivity contribution in [2.45, 2.75) is 26.4 Å². The third kappa shape index (κ3) is 4.40. The molecular formula is C19H19ClN4O2. The van der Waals surface area contributed by atoms with Crippen molar-refractivity contribution < 1.29 is 9.32 Å². The Kier molecular flexibility index (Phi) is 5.53. The van der Waals surface area contributed by atoms with Gasteiger partial charge >= 0.3 is 6.03 Å². The van der Waals surface area contributed by atoms with Crippen molar-refractivity contribution in [1.82, 2.24) is 15.0 Å². The molecule has 6 nitrogen and oxygen atoms in total. The van der Waals surface area contributed by atoms with Gasteiger partial charge in [-0.15, -0.1) is 0 Å². The fourth-order valence-corrected chi connectivity index (χ4v) is 2.51. The van der Waals surface area contributed by atoms with Gasteiger partial charge in [0.1, 0.15) is 6.54 Å². The molecule has 0 aliphatic rings. The van der Waals surface area contributed by atoms with Crippen LogP contribution in [0, 0.1) is 0 Å². The van der Waals surface area contributed by atoms with Crippen LogP contribution in [0.4, 0.5) is 10.5 Å². The lowest BCUT2D eigenvalue weighted by atomic mass is 10.2. The van der Waals surface area contributed by atoms with E-state index in [1.807, 2.05) is 56.3 Å². The van der Waals surface area contributed by atoms with Crippen LogP contribution < -0.4 is 5.32 Å². The van der Waals surface area contributed by atoms with Gasteiger partial charge in [-0.25, -0.2) is 4.79 Å². The SMILES string of the molecule is CC(C)N(Cc1nc(-c2ccc(Cl)cc2)no1)C(=O)Nc1ccccc1. The van der Waals surface area contributed by atoms with Gasteiger partial charge in [0.25, 0.3) is 0 Å². The number of aromatic nitrogens is 2. The first-order valence-corrected chi connectivity index (χ1v) is 8.62. The van der Waals surface area contributed by atoms with Crippen LogP contribution in [0.3, 0.4) is 0 Å². The van der Waals surface area contributed by atoms with Gasteiger partial charge in [-0.1, -0.05) is 35.0 Å². The molecule has 2 aromatic carbocycles. The summed E-state index contributed by atoms with van der Waals surface area (Å²) in [5.41, 5.74) is 1.53. The predicted molar refractivity (Wildman–Crippen MR) is 101 cm³/mol. The average molecular weight is 371 g/mol. The highest BCUT2D eigenvalue weighted by atomic mass is 35.5. The first kappa shape index (κ1) is 17.9. The van der Waals surface area contributed by atoms with Crippen molar-refractivity contribution in [3.8, 4) is 11.4 Å². The minimum Gasteiger partial charge on any atom is -0.337 e. The summed E-state index contributed by atoms with van der Waals surface area (Å²) in [6.45, 7) is 4.08. The zero-order valence-electron chi connectivity index (χ0n) is 14.5. The zero-order chi connectivity index (χ0) is 18.5. The maximum absolute atomic E-state index is 12.6. The number of hydrogen-bond donors (Lipinski definition) is 1. The molecular weight excluding hydrogens is 352 g/mol. The van der Waals surface area contributed by atoms with Gasteiger partial charge < -0.3 is 14.7 Å². The monoisotopic (exact) mass is 370 g/mol. The summed E-state index contributed by atoms with van der Waals surface area (Å²) in [4.78, 5) is 18.6. The topological polar surface area (TPSA) is 71.3 Å². The van der Waals surface area contributed by atoms with E-state index in [1.165, 1.54) is 0 Å². The quantitative estimate of drug-likeness (QED) is 0.698. The molecule has 0 unspecified atom stereocenters. The lowest BCUT2D eigenvalue weighted by Crippen LogP contribution is -2.39. The van der Waals surface area contributed by atoms with Crippen LogP contribution in [0.1, 0.15) is 19.7 Å². The van der Waals surface area contributed by atoms with Crippen LogP contribution in [0.5, 0.6) is 0 Å². The van der Waals surface area contributed by atoms with Crippen molar-refractivity contribution >= 4 is 23.3 Å². The summed E-state index contributed by atoms with van der Waals surface area (Å²) < 4.78 is 5.31. The fourth-order valence-electron chi connectivity index (χ4n) is 2.39. The van der Waals surface area contributed by atoms with Gasteiger partial charge in [0.2, 0.25) is 11.7 Å². The molecule has 0 spiro atoms. The molecule has 0 fully saturated rings. The standard InChI is InChI=1S/C19H19ClN4O2/c1-13(2)24(19(25)21-16-6-4-3-5-7-16)12-17-22-18(23-26-17)14-8-10-15(20)11-9-14/h3-11,13H,12H2,1-2H3,(H,21,25). The Labute approximate surface area is 156 Å². The number of carbonyl (C=O) groups excluding carboxylic acids is 1. The summed E-state index contributed by atoms with van der Waals surface area (Å²) in [5, 5.41) is 7.49. The molecule has 1 N–H and O–H groups in total. The summed E-state index contributed by atoms with van der Waals surface area (Å²) >= 11 is 5.89. The fraction of sp³-hybridized carbons (Fsp3) is 0.211. The summed E-state index contributed by atoms with van der Waals surface area (Å²) in [5.74, 6) is 0.829. The van der Waals surface area contributed by atoms with Crippen LogP contribution in [-0.4, -0.2) is 27.1 Å². The average Bonchev–Trinajstić information content (AvgIpc) is 3.09. The smallest absolute Gasteiger partial charge is 0.322 e. The van der Waals surface area contributed by atoms with Gasteiger partial charge in [0, 0.05) is 22.3 Å². The minimum atomic E-state index is -0.225. The molecule has 7 heteroatoms. The second kappa shape index (κ2) is 8.01. The third-order valence-electron chi connectivity index (χ3n) is 3.79. The van der Waals surface area contributed by atoms with Crippen molar-refractivity contribution in [2.75, 3.05) is 5.32 Å². The molecule has 0 radical (unpaired) electrons. The molecule has 0 aliphatic carbocycles. The molecule has 0 saturated heterocycles. The van der Waals surface area contributed by atoms with E-state index in [0.29, 0.717) is 16.7 Å². The number of hydrogen-bond acceptors (Lipinski definition) is 4. The first-order valence-electron chi connectivity index (χ1n) is 8.24. The highest BCUT2D eigenvalue weighted by molar-refractivity contribution is 6.30. The molecule has 0 aliphatic heterocycles. The number of anilines is 1. The summed E-state index contributed by atoms with van der Waals surface area (Å²) in [6, 6.07) is 16.2. The molecule has 26 heavy (non-hydrogen) atoms. The van der Waals surface area contributed by atoms with Gasteiger partial charge in [-0.3, -0.25) is 0 Å². The Morgan fingerprint density at radius 3 is 2.50 bits per heavy atom. The van der Waals surface area contributed by atoms with E-state index in [2.05, 4.69) is 15.5 Å². The summed E-state index contributed by atoms with van der Waals surface area (Å²) in [7, 11) is 0. The maximum atomic E-state index is 12.6. The number of benzene rings is 2. The van der Waals surface area contributed by atoms with E-state index in [1.54, 1.807) is 17.0 Å². The number of carbonyl (C=O) groups is 1. The Balaban J connectivity index is 1.72. The van der Waals surface area contributed by atoms with Crippen molar-refractivity contribution in [3.05, 3.63) is 65.5 Å². The van der Waals surface area contributed by atoms with E-state index in [0.717, 1.165) is 11.3 Å². The number of nitrogens with zero attached hydrogens (tertiary/aromatic N) is 3. The van der Waals surface area contributed by atoms with Gasteiger partial charge in [-0.2, -0.15) is 4.98 Å². The van der Waals surface area contributed by atoms with Crippen molar-refractivity contribution in [2.24, 2.45) is 0 Å². The number of urea groups is 1. The highest BCUT2D eigenvalue weighted by Crippen LogP contribution is 2.19. The van der Waals surface area contributed by atoms with E-state index in [4.69, 9.17) is 16.1 Å². The van der Waals surface area contributed by atoms with E-state index in [9.17, 15) is 4.79 Å². The van der Waals surface area contributed by atoms with Crippen LogP contribution in [0.25, 0.3) is 11.4 Å². The van der Waals surface area contributed by atoms with Gasteiger partial charge in [0.05, 0.1) is 0 Å². The van der Waals surface area contributed by atoms with Crippen molar-refractivity contribution in [3.63, 3.8) is 0 Å². The second-order valence-electron chi connectivity index (χ2n) is 6.04. The molecule has 1 aromatic heterocycles. The van der Waals surface area contributed by atoms with E-state index in [-0.39, 0.29) is 18.6 Å². The Morgan fingerprint density at radius 2 is 1.85 bits per heavy atom. The molecule has 1 heterocycles. The van der Waals surface area contributed by atoms with Crippen molar-refractivity contribution in [1.29, 1.82) is 0 Å². The number of nitrogens with one attached hydrogen (secondary N) is 1. The minimum absolute atomic E-state index is 0.0374. The second-order valence-corrected chi connectivity index (χ2v) is 6.47. The predicted octanol–water partition coefficient (Wildman–Crippen LogP) is 4.83. The van der Waals surface area contributed by atoms with Crippen LogP contribution in [0.2, 0.25) is 5.02 Å². The first-order chi connectivity index (χ1) is 12.5. The molecule has 0 bridgehead atoms. The Morgan fingerprint density at radius 1 is 1.15 bits per heavy atom. The number of para-hydroxylation sites is 1. The van der Waals surface area contributed by atoms with Crippen LogP contribution in [-0.2, 0) is 6.54 Å². The molecule has 3 aromatic rings. The Hall–Kier alpha value is -2.86. The van der Waals surface area contributed by atoms with Gasteiger partial charge in [-0.05, 0) is 50.2 Å². The van der Waals surface area contributed by atoms with E-state index >= 15 is 0 Å². The lowest BCUT2D eigenvalue weighted by molar-refractivity contribution is 0.182.